The molecule has 4 nitrogen and oxygen atoms in total. The summed E-state index contributed by atoms with van der Waals surface area (Å²) in [6, 6.07) is 1.16. The van der Waals surface area contributed by atoms with Gasteiger partial charge in [0.25, 0.3) is 0 Å². The van der Waals surface area contributed by atoms with Crippen LogP contribution < -0.4 is 11.1 Å². The van der Waals surface area contributed by atoms with Crippen molar-refractivity contribution in [2.45, 2.75) is 76.5 Å². The van der Waals surface area contributed by atoms with Crippen molar-refractivity contribution >= 4 is 5.91 Å². The highest BCUT2D eigenvalue weighted by molar-refractivity contribution is 5.82. The van der Waals surface area contributed by atoms with Crippen LogP contribution in [0.1, 0.15) is 52.4 Å². The smallest absolute Gasteiger partial charge is 0.237 e. The molecule has 110 valence electrons. The Morgan fingerprint density at radius 2 is 1.84 bits per heavy atom. The van der Waals surface area contributed by atoms with E-state index >= 15 is 0 Å². The van der Waals surface area contributed by atoms with Gasteiger partial charge in [-0.15, -0.1) is 0 Å². The molecule has 2 fully saturated rings. The summed E-state index contributed by atoms with van der Waals surface area (Å²) in [6.45, 7) is 4.00. The first-order chi connectivity index (χ1) is 9.00. The summed E-state index contributed by atoms with van der Waals surface area (Å²) in [5.74, 6) is 0.222. The highest BCUT2D eigenvalue weighted by Gasteiger charge is 2.37. The van der Waals surface area contributed by atoms with Crippen LogP contribution in [0, 0.1) is 5.92 Å². The quantitative estimate of drug-likeness (QED) is 0.793. The Hall–Kier alpha value is -0.610. The van der Waals surface area contributed by atoms with Crippen molar-refractivity contribution in [3.8, 4) is 0 Å². The van der Waals surface area contributed by atoms with Gasteiger partial charge < -0.3 is 11.1 Å². The van der Waals surface area contributed by atoms with E-state index in [2.05, 4.69) is 17.3 Å². The molecule has 0 radical (unpaired) electrons. The molecule has 0 aromatic carbocycles. The minimum absolute atomic E-state index is 0.0242. The molecule has 1 amide bonds. The summed E-state index contributed by atoms with van der Waals surface area (Å²) in [5, 5.41) is 3.21. The van der Waals surface area contributed by atoms with E-state index in [-0.39, 0.29) is 23.9 Å². The molecule has 19 heavy (non-hydrogen) atoms. The standard InChI is InChI=1S/C15H29N3O/c1-10(2)14(16)15(19)17-12-6-4-5-7-13(12)18(3)11-8-9-11/h10-14H,4-9,16H2,1-3H3,(H,17,19)/t12-,13+,14-/m0/s1. The second kappa shape index (κ2) is 6.23. The number of hydrogen-bond acceptors (Lipinski definition) is 3. The Morgan fingerprint density at radius 1 is 1.21 bits per heavy atom. The molecule has 0 aromatic heterocycles. The average molecular weight is 267 g/mol. The molecule has 0 saturated heterocycles. The summed E-state index contributed by atoms with van der Waals surface area (Å²) in [5.41, 5.74) is 5.95. The fourth-order valence-electron chi connectivity index (χ4n) is 3.10. The van der Waals surface area contributed by atoms with E-state index in [1.807, 2.05) is 13.8 Å². The minimum atomic E-state index is -0.381. The van der Waals surface area contributed by atoms with E-state index < -0.39 is 0 Å². The number of carbonyl (C=O) groups is 1. The van der Waals surface area contributed by atoms with Crippen LogP contribution in [0.2, 0.25) is 0 Å². The molecule has 0 aromatic rings. The molecule has 0 aliphatic heterocycles. The van der Waals surface area contributed by atoms with E-state index in [9.17, 15) is 4.79 Å². The first kappa shape index (κ1) is 14.8. The molecule has 2 aliphatic rings. The molecule has 4 heteroatoms. The van der Waals surface area contributed by atoms with Crippen molar-refractivity contribution in [2.75, 3.05) is 7.05 Å². The first-order valence-corrected chi connectivity index (χ1v) is 7.78. The summed E-state index contributed by atoms with van der Waals surface area (Å²) < 4.78 is 0. The van der Waals surface area contributed by atoms with Gasteiger partial charge in [0.05, 0.1) is 6.04 Å². The van der Waals surface area contributed by atoms with Crippen LogP contribution in [-0.2, 0) is 4.79 Å². The summed E-state index contributed by atoms with van der Waals surface area (Å²) in [4.78, 5) is 14.6. The number of amides is 1. The van der Waals surface area contributed by atoms with Gasteiger partial charge in [-0.2, -0.15) is 0 Å². The highest BCUT2D eigenvalue weighted by Crippen LogP contribution is 2.32. The van der Waals surface area contributed by atoms with Crippen LogP contribution in [0.4, 0.5) is 0 Å². The lowest BCUT2D eigenvalue weighted by Gasteiger charge is -2.39. The van der Waals surface area contributed by atoms with Gasteiger partial charge in [-0.05, 0) is 38.6 Å². The van der Waals surface area contributed by atoms with Crippen LogP contribution in [0.5, 0.6) is 0 Å². The van der Waals surface area contributed by atoms with Crippen LogP contribution in [0.3, 0.4) is 0 Å². The average Bonchev–Trinajstić information content (AvgIpc) is 3.21. The fourth-order valence-corrected chi connectivity index (χ4v) is 3.10. The van der Waals surface area contributed by atoms with Gasteiger partial charge >= 0.3 is 0 Å². The fraction of sp³-hybridized carbons (Fsp3) is 0.933. The third-order valence-electron chi connectivity index (χ3n) is 4.72. The second-order valence-corrected chi connectivity index (χ2v) is 6.63. The molecule has 0 heterocycles. The topological polar surface area (TPSA) is 58.4 Å². The van der Waals surface area contributed by atoms with Crippen LogP contribution in [0.25, 0.3) is 0 Å². The van der Waals surface area contributed by atoms with Crippen molar-refractivity contribution in [3.63, 3.8) is 0 Å². The number of nitrogens with two attached hydrogens (primary N) is 1. The lowest BCUT2D eigenvalue weighted by atomic mass is 9.88. The van der Waals surface area contributed by atoms with Crippen LogP contribution >= 0.6 is 0 Å². The zero-order valence-corrected chi connectivity index (χ0v) is 12.6. The lowest BCUT2D eigenvalue weighted by molar-refractivity contribution is -0.124. The maximum absolute atomic E-state index is 12.2. The molecule has 3 N–H and O–H groups in total. The van der Waals surface area contributed by atoms with Crippen molar-refractivity contribution in [3.05, 3.63) is 0 Å². The normalized spacial score (nSPS) is 29.6. The Morgan fingerprint density at radius 3 is 2.42 bits per heavy atom. The lowest BCUT2D eigenvalue weighted by Crippen LogP contribution is -2.56. The second-order valence-electron chi connectivity index (χ2n) is 6.63. The first-order valence-electron chi connectivity index (χ1n) is 7.78. The molecule has 2 aliphatic carbocycles. The predicted molar refractivity (Wildman–Crippen MR) is 77.8 cm³/mol. The Labute approximate surface area is 117 Å². The van der Waals surface area contributed by atoms with Gasteiger partial charge in [0.1, 0.15) is 0 Å². The highest BCUT2D eigenvalue weighted by atomic mass is 16.2. The summed E-state index contributed by atoms with van der Waals surface area (Å²) in [6.07, 6.45) is 7.44. The van der Waals surface area contributed by atoms with Crippen molar-refractivity contribution in [1.82, 2.24) is 10.2 Å². The predicted octanol–water partition coefficient (Wildman–Crippen LogP) is 1.49. The zero-order chi connectivity index (χ0) is 14.0. The van der Waals surface area contributed by atoms with E-state index in [1.165, 1.54) is 32.1 Å². The molecule has 2 saturated carbocycles. The van der Waals surface area contributed by atoms with Gasteiger partial charge in [0.15, 0.2) is 0 Å². The van der Waals surface area contributed by atoms with Gasteiger partial charge in [0, 0.05) is 18.1 Å². The SMILES string of the molecule is CC(C)[C@H](N)C(=O)N[C@H]1CCCC[C@H]1N(C)C1CC1. The molecule has 0 unspecified atom stereocenters. The molecular weight excluding hydrogens is 238 g/mol. The van der Waals surface area contributed by atoms with Crippen molar-refractivity contribution < 1.29 is 4.79 Å². The van der Waals surface area contributed by atoms with Crippen LogP contribution in [0.15, 0.2) is 0 Å². The molecule has 2 rings (SSSR count). The van der Waals surface area contributed by atoms with Gasteiger partial charge in [0.2, 0.25) is 5.91 Å². The van der Waals surface area contributed by atoms with Gasteiger partial charge in [-0.3, -0.25) is 9.69 Å². The Kier molecular flexibility index (Phi) is 4.85. The largest absolute Gasteiger partial charge is 0.350 e. The van der Waals surface area contributed by atoms with Crippen molar-refractivity contribution in [1.29, 1.82) is 0 Å². The Bertz CT molecular complexity index is 315. The number of carbonyl (C=O) groups excluding carboxylic acids is 1. The van der Waals surface area contributed by atoms with E-state index in [4.69, 9.17) is 5.73 Å². The van der Waals surface area contributed by atoms with Gasteiger partial charge in [-0.25, -0.2) is 0 Å². The van der Waals surface area contributed by atoms with E-state index in [0.717, 1.165) is 12.5 Å². The summed E-state index contributed by atoms with van der Waals surface area (Å²) in [7, 11) is 2.22. The van der Waals surface area contributed by atoms with E-state index in [0.29, 0.717) is 6.04 Å². The minimum Gasteiger partial charge on any atom is -0.350 e. The number of likely N-dealkylation sites (N-methyl/N-ethyl adjacent to an activating group) is 1. The third kappa shape index (κ3) is 3.69. The molecule has 3 atom stereocenters. The number of rotatable bonds is 5. The maximum atomic E-state index is 12.2. The molecule has 0 spiro atoms. The maximum Gasteiger partial charge on any atom is 0.237 e. The van der Waals surface area contributed by atoms with E-state index in [1.54, 1.807) is 0 Å². The number of nitrogens with zero attached hydrogens (tertiary/aromatic N) is 1. The third-order valence-corrected chi connectivity index (χ3v) is 4.72. The van der Waals surface area contributed by atoms with Crippen molar-refractivity contribution in [2.24, 2.45) is 11.7 Å². The molecular formula is C15H29N3O. The zero-order valence-electron chi connectivity index (χ0n) is 12.6. The summed E-state index contributed by atoms with van der Waals surface area (Å²) >= 11 is 0. The van der Waals surface area contributed by atoms with Gasteiger partial charge in [-0.1, -0.05) is 26.7 Å². The van der Waals surface area contributed by atoms with Crippen LogP contribution in [-0.4, -0.2) is 42.0 Å². The Balaban J connectivity index is 1.93. The monoisotopic (exact) mass is 267 g/mol. The number of nitrogens with one attached hydrogen (secondary N) is 1. The number of hydrogen-bond donors (Lipinski definition) is 2. The molecule has 0 bridgehead atoms.